The first-order valence-corrected chi connectivity index (χ1v) is 7.13. The van der Waals surface area contributed by atoms with Crippen molar-refractivity contribution in [1.29, 1.82) is 0 Å². The molecule has 0 aliphatic carbocycles. The van der Waals surface area contributed by atoms with Crippen molar-refractivity contribution in [3.8, 4) is 17.2 Å². The molecule has 2 N–H and O–H groups in total. The maximum absolute atomic E-state index is 11.9. The first-order chi connectivity index (χ1) is 10.2. The molecule has 1 aromatic rings. The lowest BCUT2D eigenvalue weighted by Crippen LogP contribution is -2.36. The molecule has 1 aliphatic rings. The second-order valence-electron chi connectivity index (χ2n) is 4.88. The Hall–Kier alpha value is -1.95. The van der Waals surface area contributed by atoms with Crippen molar-refractivity contribution in [2.75, 3.05) is 13.3 Å². The van der Waals surface area contributed by atoms with Gasteiger partial charge in [-0.15, -0.1) is 0 Å². The number of nitrogens with one attached hydrogen (secondary N) is 1. The van der Waals surface area contributed by atoms with Crippen LogP contribution in [0.2, 0.25) is 0 Å². The largest absolute Gasteiger partial charge is 0.480 e. The number of unbranched alkanes of at least 4 members (excludes halogenated alkanes) is 1. The van der Waals surface area contributed by atoms with Gasteiger partial charge in [0.15, 0.2) is 17.6 Å². The number of carbonyl (C=O) groups is 1. The molecule has 116 valence electrons. The van der Waals surface area contributed by atoms with Crippen LogP contribution in [-0.2, 0) is 11.4 Å². The van der Waals surface area contributed by atoms with E-state index >= 15 is 0 Å². The molecule has 6 heteroatoms. The Kier molecular flexibility index (Phi) is 5.27. The monoisotopic (exact) mass is 295 g/mol. The second-order valence-corrected chi connectivity index (χ2v) is 4.88. The third kappa shape index (κ3) is 3.78. The van der Waals surface area contributed by atoms with Crippen molar-refractivity contribution in [1.82, 2.24) is 5.32 Å². The summed E-state index contributed by atoms with van der Waals surface area (Å²) in [5.41, 5.74) is 0.562. The smallest absolute Gasteiger partial charge is 0.260 e. The molecule has 21 heavy (non-hydrogen) atoms. The van der Waals surface area contributed by atoms with E-state index in [4.69, 9.17) is 14.2 Å². The van der Waals surface area contributed by atoms with Gasteiger partial charge in [-0.1, -0.05) is 13.3 Å². The Labute approximate surface area is 124 Å². The number of aliphatic hydroxyl groups is 1. The van der Waals surface area contributed by atoms with Gasteiger partial charge in [-0.05, 0) is 19.4 Å². The van der Waals surface area contributed by atoms with Crippen molar-refractivity contribution >= 4 is 5.91 Å². The molecule has 2 rings (SSSR count). The fourth-order valence-corrected chi connectivity index (χ4v) is 1.97. The SMILES string of the molecule is CCCCNC(=O)C(C)Oc1cc2c(cc1CO)OCO2. The van der Waals surface area contributed by atoms with Gasteiger partial charge in [-0.3, -0.25) is 4.79 Å². The van der Waals surface area contributed by atoms with Gasteiger partial charge < -0.3 is 24.6 Å². The van der Waals surface area contributed by atoms with Gasteiger partial charge in [0, 0.05) is 18.2 Å². The quantitative estimate of drug-likeness (QED) is 0.747. The van der Waals surface area contributed by atoms with E-state index in [9.17, 15) is 9.90 Å². The minimum absolute atomic E-state index is 0.150. The van der Waals surface area contributed by atoms with Gasteiger partial charge in [0.05, 0.1) is 6.61 Å². The van der Waals surface area contributed by atoms with Gasteiger partial charge in [-0.2, -0.15) is 0 Å². The number of carbonyl (C=O) groups excluding carboxylic acids is 1. The number of hydrogen-bond acceptors (Lipinski definition) is 5. The second kappa shape index (κ2) is 7.17. The molecule has 0 saturated heterocycles. The Morgan fingerprint density at radius 2 is 2.14 bits per heavy atom. The lowest BCUT2D eigenvalue weighted by Gasteiger charge is -2.17. The molecule has 0 radical (unpaired) electrons. The highest BCUT2D eigenvalue weighted by Crippen LogP contribution is 2.38. The third-order valence-electron chi connectivity index (χ3n) is 3.23. The highest BCUT2D eigenvalue weighted by molar-refractivity contribution is 5.80. The van der Waals surface area contributed by atoms with Crippen LogP contribution in [0.1, 0.15) is 32.3 Å². The molecular formula is C15H21NO5. The van der Waals surface area contributed by atoms with E-state index < -0.39 is 6.10 Å². The van der Waals surface area contributed by atoms with Gasteiger partial charge >= 0.3 is 0 Å². The summed E-state index contributed by atoms with van der Waals surface area (Å²) in [6.45, 7) is 4.32. The van der Waals surface area contributed by atoms with E-state index in [1.807, 2.05) is 0 Å². The van der Waals surface area contributed by atoms with Crippen LogP contribution in [0, 0.1) is 0 Å². The van der Waals surface area contributed by atoms with Crippen LogP contribution in [0.3, 0.4) is 0 Å². The summed E-state index contributed by atoms with van der Waals surface area (Å²) in [6.07, 6.45) is 1.31. The lowest BCUT2D eigenvalue weighted by molar-refractivity contribution is -0.127. The molecule has 1 unspecified atom stereocenters. The molecule has 0 bridgehead atoms. The molecule has 1 aromatic carbocycles. The third-order valence-corrected chi connectivity index (χ3v) is 3.23. The fraction of sp³-hybridized carbons (Fsp3) is 0.533. The zero-order valence-corrected chi connectivity index (χ0v) is 12.3. The molecule has 1 aliphatic heterocycles. The number of aliphatic hydroxyl groups excluding tert-OH is 1. The van der Waals surface area contributed by atoms with Crippen molar-refractivity contribution in [3.05, 3.63) is 17.7 Å². The van der Waals surface area contributed by atoms with E-state index in [0.717, 1.165) is 12.8 Å². The van der Waals surface area contributed by atoms with Crippen LogP contribution >= 0.6 is 0 Å². The Bertz CT molecular complexity index is 503. The van der Waals surface area contributed by atoms with E-state index in [2.05, 4.69) is 12.2 Å². The molecule has 0 saturated carbocycles. The van der Waals surface area contributed by atoms with Crippen LogP contribution in [-0.4, -0.2) is 30.5 Å². The molecule has 0 spiro atoms. The first-order valence-electron chi connectivity index (χ1n) is 7.13. The number of fused-ring (bicyclic) bond motifs is 1. The number of rotatable bonds is 7. The number of benzene rings is 1. The summed E-state index contributed by atoms with van der Waals surface area (Å²) in [5, 5.41) is 12.2. The Balaban J connectivity index is 2.03. The van der Waals surface area contributed by atoms with E-state index in [-0.39, 0.29) is 19.3 Å². The average Bonchev–Trinajstić information content (AvgIpc) is 2.93. The van der Waals surface area contributed by atoms with Gasteiger partial charge in [-0.25, -0.2) is 0 Å². The number of ether oxygens (including phenoxy) is 3. The molecule has 0 fully saturated rings. The van der Waals surface area contributed by atoms with Crippen molar-refractivity contribution in [2.24, 2.45) is 0 Å². The molecule has 1 amide bonds. The zero-order chi connectivity index (χ0) is 15.2. The van der Waals surface area contributed by atoms with Crippen LogP contribution in [0.4, 0.5) is 0 Å². The summed E-state index contributed by atoms with van der Waals surface area (Å²) in [4.78, 5) is 11.9. The minimum Gasteiger partial charge on any atom is -0.480 e. The lowest BCUT2D eigenvalue weighted by atomic mass is 10.2. The summed E-state index contributed by atoms with van der Waals surface area (Å²) in [5.74, 6) is 1.39. The van der Waals surface area contributed by atoms with Crippen LogP contribution in [0.25, 0.3) is 0 Å². The fourth-order valence-electron chi connectivity index (χ4n) is 1.97. The number of amides is 1. The minimum atomic E-state index is -0.646. The maximum atomic E-state index is 11.9. The standard InChI is InChI=1S/C15H21NO5/c1-3-4-5-16-15(18)10(2)21-12-7-14-13(19-9-20-14)6-11(12)8-17/h6-7,10,17H,3-5,8-9H2,1-2H3,(H,16,18). The summed E-state index contributed by atoms with van der Waals surface area (Å²) in [7, 11) is 0. The summed E-state index contributed by atoms with van der Waals surface area (Å²) in [6, 6.07) is 3.31. The first kappa shape index (κ1) is 15.4. The molecule has 1 heterocycles. The molecular weight excluding hydrogens is 274 g/mol. The molecule has 0 aromatic heterocycles. The van der Waals surface area contributed by atoms with E-state index in [1.54, 1.807) is 19.1 Å². The van der Waals surface area contributed by atoms with Crippen molar-refractivity contribution in [3.63, 3.8) is 0 Å². The highest BCUT2D eigenvalue weighted by atomic mass is 16.7. The zero-order valence-electron chi connectivity index (χ0n) is 12.3. The average molecular weight is 295 g/mol. The maximum Gasteiger partial charge on any atom is 0.260 e. The summed E-state index contributed by atoms with van der Waals surface area (Å²) >= 11 is 0. The summed E-state index contributed by atoms with van der Waals surface area (Å²) < 4.78 is 16.2. The van der Waals surface area contributed by atoms with Crippen molar-refractivity contribution < 1.29 is 24.1 Å². The van der Waals surface area contributed by atoms with E-state index in [0.29, 0.717) is 29.4 Å². The molecule has 1 atom stereocenters. The number of hydrogen-bond donors (Lipinski definition) is 2. The normalized spacial score (nSPS) is 13.9. The topological polar surface area (TPSA) is 77.0 Å². The predicted molar refractivity (Wildman–Crippen MR) is 76.5 cm³/mol. The molecule has 6 nitrogen and oxygen atoms in total. The Morgan fingerprint density at radius 1 is 1.43 bits per heavy atom. The van der Waals surface area contributed by atoms with Gasteiger partial charge in [0.2, 0.25) is 6.79 Å². The van der Waals surface area contributed by atoms with E-state index in [1.165, 1.54) is 0 Å². The Morgan fingerprint density at radius 3 is 2.81 bits per heavy atom. The van der Waals surface area contributed by atoms with Gasteiger partial charge in [0.25, 0.3) is 5.91 Å². The van der Waals surface area contributed by atoms with Crippen LogP contribution in [0.15, 0.2) is 12.1 Å². The predicted octanol–water partition coefficient (Wildman–Crippen LogP) is 1.59. The van der Waals surface area contributed by atoms with Crippen LogP contribution in [0.5, 0.6) is 17.2 Å². The highest BCUT2D eigenvalue weighted by Gasteiger charge is 2.21. The van der Waals surface area contributed by atoms with Crippen LogP contribution < -0.4 is 19.5 Å². The van der Waals surface area contributed by atoms with Gasteiger partial charge in [0.1, 0.15) is 5.75 Å². The van der Waals surface area contributed by atoms with Crippen molar-refractivity contribution in [2.45, 2.75) is 39.4 Å².